The van der Waals surface area contributed by atoms with E-state index in [-0.39, 0.29) is 22.1 Å². The van der Waals surface area contributed by atoms with Gasteiger partial charge in [0, 0.05) is 18.3 Å². The number of anilines is 2. The normalized spacial score (nSPS) is 18.7. The Bertz CT molecular complexity index is 1420. The number of ketones is 1. The maximum atomic E-state index is 13.4. The Balaban J connectivity index is 1.70. The lowest BCUT2D eigenvalue weighted by molar-refractivity contribution is -0.132. The molecule has 1 saturated heterocycles. The van der Waals surface area contributed by atoms with Crippen molar-refractivity contribution in [3.8, 4) is 17.2 Å². The second-order valence-electron chi connectivity index (χ2n) is 8.54. The Morgan fingerprint density at radius 3 is 2.64 bits per heavy atom. The zero-order valence-corrected chi connectivity index (χ0v) is 20.3. The molecule has 0 bridgehead atoms. The molecular weight excluding hydrogens is 484 g/mol. The number of ether oxygens (including phenoxy) is 2. The summed E-state index contributed by atoms with van der Waals surface area (Å²) in [6.45, 7) is 1.21. The molecule has 8 nitrogen and oxygen atoms in total. The number of fused-ring (bicyclic) bond motifs is 1. The van der Waals surface area contributed by atoms with Crippen molar-refractivity contribution in [2.45, 2.75) is 6.04 Å². The molecule has 5 rings (SSSR count). The van der Waals surface area contributed by atoms with Crippen LogP contribution in [0.4, 0.5) is 11.4 Å². The van der Waals surface area contributed by atoms with Gasteiger partial charge in [-0.1, -0.05) is 23.7 Å². The molecule has 1 atom stereocenters. The number of aromatic hydroxyl groups is 1. The van der Waals surface area contributed by atoms with Crippen LogP contribution in [0.5, 0.6) is 17.2 Å². The van der Waals surface area contributed by atoms with Crippen LogP contribution in [-0.2, 0) is 9.59 Å². The number of benzene rings is 3. The molecular formula is C27H23ClN2O6. The molecule has 2 N–H and O–H groups in total. The Labute approximate surface area is 212 Å². The molecule has 0 saturated carbocycles. The van der Waals surface area contributed by atoms with Gasteiger partial charge in [0.1, 0.15) is 29.6 Å². The molecule has 2 aliphatic rings. The van der Waals surface area contributed by atoms with Crippen molar-refractivity contribution >= 4 is 40.4 Å². The molecule has 2 heterocycles. The van der Waals surface area contributed by atoms with Crippen LogP contribution in [0.1, 0.15) is 17.2 Å². The summed E-state index contributed by atoms with van der Waals surface area (Å²) in [6.07, 6.45) is 0. The van der Waals surface area contributed by atoms with Crippen molar-refractivity contribution in [3.05, 3.63) is 82.4 Å². The molecule has 184 valence electrons. The number of phenolic OH excluding ortho intramolecular Hbond substituents is 1. The third-order valence-electron chi connectivity index (χ3n) is 6.37. The van der Waals surface area contributed by atoms with Gasteiger partial charge in [0.2, 0.25) is 0 Å². The molecule has 1 unspecified atom stereocenters. The van der Waals surface area contributed by atoms with Gasteiger partial charge in [-0.3, -0.25) is 14.5 Å². The summed E-state index contributed by atoms with van der Waals surface area (Å²) >= 11 is 6.32. The molecule has 1 amide bonds. The van der Waals surface area contributed by atoms with Crippen molar-refractivity contribution in [1.29, 1.82) is 0 Å². The van der Waals surface area contributed by atoms with Crippen LogP contribution in [0, 0.1) is 0 Å². The van der Waals surface area contributed by atoms with E-state index in [2.05, 4.69) is 0 Å². The quantitative estimate of drug-likeness (QED) is 0.305. The summed E-state index contributed by atoms with van der Waals surface area (Å²) in [7, 11) is 3.38. The molecule has 3 aromatic carbocycles. The van der Waals surface area contributed by atoms with Crippen LogP contribution in [0.15, 0.2) is 66.2 Å². The highest BCUT2D eigenvalue weighted by atomic mass is 35.5. The number of nitrogens with zero attached hydrogens (tertiary/aromatic N) is 2. The highest BCUT2D eigenvalue weighted by Gasteiger charge is 2.47. The van der Waals surface area contributed by atoms with Crippen molar-refractivity contribution < 1.29 is 29.3 Å². The van der Waals surface area contributed by atoms with Crippen LogP contribution in [0.3, 0.4) is 0 Å². The van der Waals surface area contributed by atoms with Gasteiger partial charge in [0.05, 0.1) is 36.0 Å². The Morgan fingerprint density at radius 1 is 1.11 bits per heavy atom. The third kappa shape index (κ3) is 3.89. The number of aliphatic hydroxyl groups is 1. The Morgan fingerprint density at radius 2 is 1.92 bits per heavy atom. The second kappa shape index (κ2) is 9.13. The molecule has 1 fully saturated rings. The number of carbonyl (C=O) groups excluding carboxylic acids is 2. The van der Waals surface area contributed by atoms with Gasteiger partial charge in [-0.05, 0) is 54.1 Å². The van der Waals surface area contributed by atoms with Crippen molar-refractivity contribution in [1.82, 2.24) is 0 Å². The van der Waals surface area contributed by atoms with Gasteiger partial charge < -0.3 is 24.6 Å². The molecule has 36 heavy (non-hydrogen) atoms. The maximum absolute atomic E-state index is 13.4. The van der Waals surface area contributed by atoms with Crippen LogP contribution < -0.4 is 19.3 Å². The lowest BCUT2D eigenvalue weighted by Gasteiger charge is -2.28. The number of Topliss-reactive ketones (excluding diaryl/α,β-unsaturated/α-hetero) is 1. The van der Waals surface area contributed by atoms with Crippen LogP contribution in [-0.4, -0.2) is 49.2 Å². The topological polar surface area (TPSA) is 99.5 Å². The van der Waals surface area contributed by atoms with E-state index in [4.69, 9.17) is 21.1 Å². The van der Waals surface area contributed by atoms with E-state index in [0.717, 1.165) is 5.69 Å². The predicted octanol–water partition coefficient (Wildman–Crippen LogP) is 4.51. The first-order chi connectivity index (χ1) is 17.3. The number of phenols is 1. The third-order valence-corrected chi connectivity index (χ3v) is 6.67. The Hall–Kier alpha value is -4.17. The Kier molecular flexibility index (Phi) is 5.97. The number of likely N-dealkylation sites (N-methyl/N-ethyl adjacent to an activating group) is 1. The summed E-state index contributed by atoms with van der Waals surface area (Å²) in [5.41, 5.74) is 1.81. The number of aliphatic hydroxyl groups excluding tert-OH is 1. The fourth-order valence-corrected chi connectivity index (χ4v) is 4.82. The summed E-state index contributed by atoms with van der Waals surface area (Å²) in [5.74, 6) is -0.979. The van der Waals surface area contributed by atoms with E-state index >= 15 is 0 Å². The number of methoxy groups -OCH3 is 1. The van der Waals surface area contributed by atoms with E-state index in [9.17, 15) is 19.8 Å². The first-order valence-corrected chi connectivity index (χ1v) is 11.6. The SMILES string of the molecule is COc1ccc(N2C(=O)C(=O)/C(=C(\O)c3ccc4c(c3)N(C)CCO4)C2c2cccc(O)c2)cc1Cl. The lowest BCUT2D eigenvalue weighted by Crippen LogP contribution is -2.29. The molecule has 0 spiro atoms. The largest absolute Gasteiger partial charge is 0.508 e. The molecule has 3 aromatic rings. The van der Waals surface area contributed by atoms with Crippen LogP contribution >= 0.6 is 11.6 Å². The second-order valence-corrected chi connectivity index (χ2v) is 8.94. The van der Waals surface area contributed by atoms with Crippen molar-refractivity contribution in [3.63, 3.8) is 0 Å². The number of rotatable bonds is 4. The average Bonchev–Trinajstić information content (AvgIpc) is 3.14. The van der Waals surface area contributed by atoms with Gasteiger partial charge in [-0.25, -0.2) is 0 Å². The summed E-state index contributed by atoms with van der Waals surface area (Å²) in [4.78, 5) is 30.0. The first-order valence-electron chi connectivity index (χ1n) is 11.2. The van der Waals surface area contributed by atoms with Gasteiger partial charge in [-0.2, -0.15) is 0 Å². The minimum Gasteiger partial charge on any atom is -0.508 e. The number of hydrogen-bond acceptors (Lipinski definition) is 7. The van der Waals surface area contributed by atoms with Gasteiger partial charge in [0.15, 0.2) is 0 Å². The minimum atomic E-state index is -1.01. The maximum Gasteiger partial charge on any atom is 0.300 e. The molecule has 9 heteroatoms. The smallest absolute Gasteiger partial charge is 0.300 e. The van der Waals surface area contributed by atoms with E-state index in [1.807, 2.05) is 11.9 Å². The number of halogens is 1. The van der Waals surface area contributed by atoms with Gasteiger partial charge in [-0.15, -0.1) is 0 Å². The number of amides is 1. The average molecular weight is 507 g/mol. The fraction of sp³-hybridized carbons (Fsp3) is 0.185. The molecule has 0 aromatic heterocycles. The minimum absolute atomic E-state index is 0.0431. The highest BCUT2D eigenvalue weighted by Crippen LogP contribution is 2.45. The van der Waals surface area contributed by atoms with Crippen LogP contribution in [0.25, 0.3) is 5.76 Å². The number of carbonyl (C=O) groups is 2. The molecule has 0 aliphatic carbocycles. The van der Waals surface area contributed by atoms with Gasteiger partial charge >= 0.3 is 0 Å². The predicted molar refractivity (Wildman–Crippen MR) is 136 cm³/mol. The zero-order valence-electron chi connectivity index (χ0n) is 19.6. The summed E-state index contributed by atoms with van der Waals surface area (Å²) < 4.78 is 10.9. The standard InChI is InChI=1S/C27H23ClN2O6/c1-29-10-11-36-22-8-6-16(13-20(22)29)25(32)23-24(15-4-3-5-18(31)12-15)30(27(34)26(23)33)17-7-9-21(35-2)19(28)14-17/h3-9,12-14,24,31-32H,10-11H2,1-2H3/b25-23-. The monoisotopic (exact) mass is 506 g/mol. The van der Waals surface area contributed by atoms with Crippen molar-refractivity contribution in [2.24, 2.45) is 0 Å². The fourth-order valence-electron chi connectivity index (χ4n) is 4.57. The van der Waals surface area contributed by atoms with E-state index in [0.29, 0.717) is 41.5 Å². The first kappa shape index (κ1) is 23.6. The number of hydrogen-bond donors (Lipinski definition) is 2. The lowest BCUT2D eigenvalue weighted by atomic mass is 9.94. The van der Waals surface area contributed by atoms with Gasteiger partial charge in [0.25, 0.3) is 11.7 Å². The van der Waals surface area contributed by atoms with E-state index < -0.39 is 17.7 Å². The van der Waals surface area contributed by atoms with E-state index in [1.54, 1.807) is 42.5 Å². The zero-order chi connectivity index (χ0) is 25.6. The molecule has 2 aliphatic heterocycles. The summed E-state index contributed by atoms with van der Waals surface area (Å²) in [5, 5.41) is 21.8. The van der Waals surface area contributed by atoms with E-state index in [1.165, 1.54) is 30.2 Å². The van der Waals surface area contributed by atoms with Crippen molar-refractivity contribution in [2.75, 3.05) is 37.1 Å². The van der Waals surface area contributed by atoms with Crippen LogP contribution in [0.2, 0.25) is 5.02 Å². The highest BCUT2D eigenvalue weighted by molar-refractivity contribution is 6.51. The molecule has 0 radical (unpaired) electrons. The summed E-state index contributed by atoms with van der Waals surface area (Å²) in [6, 6.07) is 15.0.